The Morgan fingerprint density at radius 2 is 1.87 bits per heavy atom. The van der Waals surface area contributed by atoms with E-state index >= 15 is 0 Å². The summed E-state index contributed by atoms with van der Waals surface area (Å²) in [5.74, 6) is -1.07. The topological polar surface area (TPSA) is 73.4 Å². The van der Waals surface area contributed by atoms with E-state index in [1.807, 2.05) is 11.0 Å². The van der Waals surface area contributed by atoms with Gasteiger partial charge in [-0.05, 0) is 36.8 Å². The number of H-pyrrole nitrogens is 1. The molecule has 2 atom stereocenters. The van der Waals surface area contributed by atoms with Gasteiger partial charge in [-0.1, -0.05) is 18.2 Å². The number of aromatic amines is 1. The first-order valence-electron chi connectivity index (χ1n) is 8.22. The summed E-state index contributed by atoms with van der Waals surface area (Å²) in [4.78, 5) is 28.4. The molecule has 2 aliphatic rings. The molecule has 2 aromatic rings. The highest BCUT2D eigenvalue weighted by Crippen LogP contribution is 2.41. The molecular formula is C18H20N2O3. The van der Waals surface area contributed by atoms with Gasteiger partial charge in [0.1, 0.15) is 0 Å². The van der Waals surface area contributed by atoms with Crippen LogP contribution >= 0.6 is 0 Å². The summed E-state index contributed by atoms with van der Waals surface area (Å²) in [5, 5.41) is 10.2. The first-order valence-corrected chi connectivity index (χ1v) is 8.22. The van der Waals surface area contributed by atoms with Crippen molar-refractivity contribution in [3.05, 3.63) is 36.0 Å². The van der Waals surface area contributed by atoms with Crippen molar-refractivity contribution in [2.45, 2.75) is 25.2 Å². The Hall–Kier alpha value is -2.30. The van der Waals surface area contributed by atoms with Gasteiger partial charge in [0.2, 0.25) is 5.91 Å². The second-order valence-electron chi connectivity index (χ2n) is 6.68. The Labute approximate surface area is 134 Å². The van der Waals surface area contributed by atoms with Gasteiger partial charge in [-0.3, -0.25) is 9.59 Å². The average Bonchev–Trinajstić information content (AvgIpc) is 3.27. The van der Waals surface area contributed by atoms with E-state index in [4.69, 9.17) is 5.11 Å². The van der Waals surface area contributed by atoms with Gasteiger partial charge in [0, 0.05) is 30.2 Å². The molecule has 1 aliphatic carbocycles. The number of carbonyl (C=O) groups is 2. The minimum Gasteiger partial charge on any atom is -0.481 e. The maximum Gasteiger partial charge on any atom is 0.307 e. The summed E-state index contributed by atoms with van der Waals surface area (Å²) in [6.07, 6.45) is 4.49. The number of piperidine rings is 1. The number of aromatic nitrogens is 1. The second-order valence-corrected chi connectivity index (χ2v) is 6.68. The van der Waals surface area contributed by atoms with Crippen molar-refractivity contribution < 1.29 is 14.7 Å². The lowest BCUT2D eigenvalue weighted by molar-refractivity contribution is -0.142. The molecular weight excluding hydrogens is 292 g/mol. The molecule has 4 rings (SSSR count). The average molecular weight is 312 g/mol. The minimum atomic E-state index is -0.836. The van der Waals surface area contributed by atoms with Gasteiger partial charge in [-0.25, -0.2) is 0 Å². The summed E-state index contributed by atoms with van der Waals surface area (Å²) in [5.41, 5.74) is 2.49. The molecule has 1 aliphatic heterocycles. The minimum absolute atomic E-state index is 0.0368. The number of benzene rings is 1. The maximum absolute atomic E-state index is 12.3. The highest BCUT2D eigenvalue weighted by molar-refractivity contribution is 5.89. The Balaban J connectivity index is 1.41. The highest BCUT2D eigenvalue weighted by atomic mass is 16.4. The zero-order valence-corrected chi connectivity index (χ0v) is 12.9. The lowest BCUT2D eigenvalue weighted by Gasteiger charge is -2.32. The number of para-hydroxylation sites is 1. The zero-order chi connectivity index (χ0) is 16.0. The summed E-state index contributed by atoms with van der Waals surface area (Å²) >= 11 is 0. The number of likely N-dealkylation sites (tertiary alicyclic amines) is 1. The number of rotatable bonds is 3. The Bertz CT molecular complexity index is 758. The second kappa shape index (κ2) is 5.41. The Morgan fingerprint density at radius 3 is 2.57 bits per heavy atom. The number of hydrogen-bond donors (Lipinski definition) is 2. The molecule has 1 saturated heterocycles. The van der Waals surface area contributed by atoms with Crippen LogP contribution in [-0.4, -0.2) is 40.0 Å². The predicted octanol–water partition coefficient (Wildman–Crippen LogP) is 2.59. The van der Waals surface area contributed by atoms with Crippen LogP contribution in [-0.2, 0) is 9.59 Å². The molecule has 1 aromatic carbocycles. The monoisotopic (exact) mass is 312 g/mol. The van der Waals surface area contributed by atoms with Crippen LogP contribution in [0.1, 0.15) is 30.7 Å². The molecule has 5 nitrogen and oxygen atoms in total. The number of carboxylic acid groups (broad SMARTS) is 1. The molecule has 2 unspecified atom stereocenters. The van der Waals surface area contributed by atoms with Crippen LogP contribution < -0.4 is 0 Å². The molecule has 0 radical (unpaired) electrons. The van der Waals surface area contributed by atoms with Gasteiger partial charge in [-0.15, -0.1) is 0 Å². The van der Waals surface area contributed by atoms with E-state index in [9.17, 15) is 9.59 Å². The molecule has 1 saturated carbocycles. The molecule has 0 spiro atoms. The van der Waals surface area contributed by atoms with E-state index in [1.165, 1.54) is 10.9 Å². The number of amides is 1. The highest BCUT2D eigenvalue weighted by Gasteiger charge is 2.50. The van der Waals surface area contributed by atoms with Gasteiger partial charge >= 0.3 is 5.97 Å². The first kappa shape index (κ1) is 14.3. The fraction of sp³-hybridized carbons (Fsp3) is 0.444. The number of carboxylic acids is 1. The van der Waals surface area contributed by atoms with Crippen LogP contribution in [0.2, 0.25) is 0 Å². The normalized spacial score (nSPS) is 24.8. The van der Waals surface area contributed by atoms with Crippen LogP contribution in [0.5, 0.6) is 0 Å². The number of nitrogens with one attached hydrogen (secondary N) is 1. The third kappa shape index (κ3) is 2.50. The Kier molecular flexibility index (Phi) is 3.36. The van der Waals surface area contributed by atoms with Crippen LogP contribution in [0.15, 0.2) is 30.5 Å². The number of fused-ring (bicyclic) bond motifs is 1. The van der Waals surface area contributed by atoms with E-state index in [-0.39, 0.29) is 11.8 Å². The van der Waals surface area contributed by atoms with Gasteiger partial charge in [-0.2, -0.15) is 0 Å². The third-order valence-corrected chi connectivity index (χ3v) is 5.29. The molecule has 1 amide bonds. The van der Waals surface area contributed by atoms with Gasteiger partial charge in [0.25, 0.3) is 0 Å². The number of aliphatic carboxylic acids is 1. The molecule has 2 N–H and O–H groups in total. The molecule has 2 fully saturated rings. The fourth-order valence-electron chi connectivity index (χ4n) is 3.82. The predicted molar refractivity (Wildman–Crippen MR) is 86.1 cm³/mol. The van der Waals surface area contributed by atoms with Crippen LogP contribution in [0, 0.1) is 11.8 Å². The van der Waals surface area contributed by atoms with Crippen molar-refractivity contribution in [1.29, 1.82) is 0 Å². The third-order valence-electron chi connectivity index (χ3n) is 5.29. The molecule has 120 valence electrons. The van der Waals surface area contributed by atoms with E-state index in [0.29, 0.717) is 12.3 Å². The number of hydrogen-bond acceptors (Lipinski definition) is 2. The summed E-state index contributed by atoms with van der Waals surface area (Å²) in [6.45, 7) is 1.46. The molecule has 23 heavy (non-hydrogen) atoms. The summed E-state index contributed by atoms with van der Waals surface area (Å²) in [6, 6.07) is 8.30. The van der Waals surface area contributed by atoms with Crippen molar-refractivity contribution in [2.24, 2.45) is 11.8 Å². The Morgan fingerprint density at radius 1 is 1.13 bits per heavy atom. The fourth-order valence-corrected chi connectivity index (χ4v) is 3.82. The van der Waals surface area contributed by atoms with Crippen molar-refractivity contribution in [2.75, 3.05) is 13.1 Å². The molecule has 2 heterocycles. The number of carbonyl (C=O) groups excluding carboxylic acids is 1. The zero-order valence-electron chi connectivity index (χ0n) is 12.9. The summed E-state index contributed by atoms with van der Waals surface area (Å²) < 4.78 is 0. The van der Waals surface area contributed by atoms with Crippen LogP contribution in [0.4, 0.5) is 0 Å². The lowest BCUT2D eigenvalue weighted by Crippen LogP contribution is -2.39. The van der Waals surface area contributed by atoms with E-state index in [0.717, 1.165) is 31.4 Å². The molecule has 0 bridgehead atoms. The first-order chi connectivity index (χ1) is 11.1. The maximum atomic E-state index is 12.3. The van der Waals surface area contributed by atoms with Crippen LogP contribution in [0.3, 0.4) is 0 Å². The molecule has 5 heteroatoms. The van der Waals surface area contributed by atoms with Gasteiger partial charge < -0.3 is 15.0 Å². The van der Waals surface area contributed by atoms with E-state index in [2.05, 4.69) is 29.4 Å². The number of nitrogens with zero attached hydrogens (tertiary/aromatic N) is 1. The lowest BCUT2D eigenvalue weighted by atomic mass is 9.89. The quantitative estimate of drug-likeness (QED) is 0.915. The van der Waals surface area contributed by atoms with Gasteiger partial charge in [0.15, 0.2) is 0 Å². The summed E-state index contributed by atoms with van der Waals surface area (Å²) in [7, 11) is 0. The van der Waals surface area contributed by atoms with Crippen LogP contribution in [0.25, 0.3) is 10.9 Å². The largest absolute Gasteiger partial charge is 0.481 e. The van der Waals surface area contributed by atoms with E-state index in [1.54, 1.807) is 0 Å². The van der Waals surface area contributed by atoms with Crippen molar-refractivity contribution in [3.8, 4) is 0 Å². The van der Waals surface area contributed by atoms with Crippen molar-refractivity contribution in [1.82, 2.24) is 9.88 Å². The SMILES string of the molecule is O=C(O)C1CC1C(=O)N1CCC(c2c[nH]c3ccccc23)CC1. The van der Waals surface area contributed by atoms with Crippen molar-refractivity contribution in [3.63, 3.8) is 0 Å². The van der Waals surface area contributed by atoms with Crippen molar-refractivity contribution >= 4 is 22.8 Å². The standard InChI is InChI=1S/C18H20N2O3/c21-17(13-9-14(13)18(22)23)20-7-5-11(6-8-20)15-10-19-16-4-2-1-3-12(15)16/h1-4,10-11,13-14,19H,5-9H2,(H,22,23). The molecule has 1 aromatic heterocycles. The van der Waals surface area contributed by atoms with Gasteiger partial charge in [0.05, 0.1) is 11.8 Å². The smallest absolute Gasteiger partial charge is 0.307 e. The van der Waals surface area contributed by atoms with E-state index < -0.39 is 11.9 Å².